The van der Waals surface area contributed by atoms with Gasteiger partial charge in [-0.1, -0.05) is 20.3 Å². The highest BCUT2D eigenvalue weighted by Gasteiger charge is 2.42. The lowest BCUT2D eigenvalue weighted by Crippen LogP contribution is -2.48. The van der Waals surface area contributed by atoms with Crippen molar-refractivity contribution in [2.75, 3.05) is 18.5 Å². The van der Waals surface area contributed by atoms with Gasteiger partial charge < -0.3 is 14.8 Å². The highest BCUT2D eigenvalue weighted by molar-refractivity contribution is 5.97. The molecule has 1 aliphatic rings. The number of amides is 1. The van der Waals surface area contributed by atoms with Gasteiger partial charge in [-0.05, 0) is 75.6 Å². The average molecular weight is 347 g/mol. The molecule has 140 valence electrons. The molecule has 0 bridgehead atoms. The fourth-order valence-electron chi connectivity index (χ4n) is 3.88. The first kappa shape index (κ1) is 19.8. The Morgan fingerprint density at radius 3 is 2.52 bits per heavy atom. The monoisotopic (exact) mass is 347 g/mol. The van der Waals surface area contributed by atoms with Crippen molar-refractivity contribution >= 4 is 11.6 Å². The number of nitrogens with one attached hydrogen (secondary N) is 1. The van der Waals surface area contributed by atoms with Crippen molar-refractivity contribution in [2.45, 2.75) is 72.3 Å². The van der Waals surface area contributed by atoms with Crippen molar-refractivity contribution in [3.63, 3.8) is 0 Å². The molecule has 0 radical (unpaired) electrons. The summed E-state index contributed by atoms with van der Waals surface area (Å²) in [4.78, 5) is 13.0. The fraction of sp³-hybridized carbons (Fsp3) is 0.667. The number of carbonyl (C=O) groups excluding carboxylic acids is 1. The van der Waals surface area contributed by atoms with Crippen LogP contribution >= 0.6 is 0 Å². The topological polar surface area (TPSA) is 47.6 Å². The normalized spacial score (nSPS) is 23.3. The summed E-state index contributed by atoms with van der Waals surface area (Å²) in [7, 11) is 0. The van der Waals surface area contributed by atoms with E-state index in [1.54, 1.807) is 0 Å². The van der Waals surface area contributed by atoms with Crippen molar-refractivity contribution < 1.29 is 14.3 Å². The van der Waals surface area contributed by atoms with Crippen molar-refractivity contribution in [3.8, 4) is 5.75 Å². The maximum Gasteiger partial charge on any atom is 0.256 e. The molecule has 1 aromatic carbocycles. The van der Waals surface area contributed by atoms with E-state index < -0.39 is 5.60 Å². The lowest BCUT2D eigenvalue weighted by atomic mass is 9.78. The summed E-state index contributed by atoms with van der Waals surface area (Å²) in [5.74, 6) is 1.42. The second-order valence-corrected chi connectivity index (χ2v) is 7.37. The first-order valence-corrected chi connectivity index (χ1v) is 9.61. The summed E-state index contributed by atoms with van der Waals surface area (Å²) in [6.07, 6.45) is 4.78. The van der Waals surface area contributed by atoms with E-state index >= 15 is 0 Å². The van der Waals surface area contributed by atoms with Crippen LogP contribution in [0.1, 0.15) is 64.0 Å². The van der Waals surface area contributed by atoms with Crippen molar-refractivity contribution in [1.29, 1.82) is 0 Å². The number of anilines is 1. The summed E-state index contributed by atoms with van der Waals surface area (Å²) in [5.41, 5.74) is 2.23. The van der Waals surface area contributed by atoms with Crippen LogP contribution in [0.3, 0.4) is 0 Å². The summed E-state index contributed by atoms with van der Waals surface area (Å²) in [6.45, 7) is 11.6. The summed E-state index contributed by atoms with van der Waals surface area (Å²) < 4.78 is 11.8. The molecule has 0 saturated heterocycles. The second-order valence-electron chi connectivity index (χ2n) is 7.37. The van der Waals surface area contributed by atoms with Crippen LogP contribution in [-0.2, 0) is 9.53 Å². The van der Waals surface area contributed by atoms with Gasteiger partial charge in [0.25, 0.3) is 5.91 Å². The molecule has 0 aliphatic heterocycles. The van der Waals surface area contributed by atoms with E-state index in [0.29, 0.717) is 19.1 Å². The highest BCUT2D eigenvalue weighted by atomic mass is 16.5. The number of benzene rings is 1. The minimum atomic E-state index is -0.689. The van der Waals surface area contributed by atoms with E-state index in [1.165, 1.54) is 6.42 Å². The molecule has 1 N–H and O–H groups in total. The molecule has 0 aromatic heterocycles. The molecule has 1 saturated carbocycles. The van der Waals surface area contributed by atoms with Crippen molar-refractivity contribution in [3.05, 3.63) is 23.3 Å². The van der Waals surface area contributed by atoms with Gasteiger partial charge in [-0.3, -0.25) is 4.79 Å². The van der Waals surface area contributed by atoms with Gasteiger partial charge in [0.1, 0.15) is 11.4 Å². The highest BCUT2D eigenvalue weighted by Crippen LogP contribution is 2.37. The molecule has 1 aromatic rings. The van der Waals surface area contributed by atoms with E-state index in [9.17, 15) is 4.79 Å². The van der Waals surface area contributed by atoms with Gasteiger partial charge in [-0.15, -0.1) is 0 Å². The first-order valence-electron chi connectivity index (χ1n) is 9.61. The summed E-state index contributed by atoms with van der Waals surface area (Å²) in [5, 5.41) is 3.10. The van der Waals surface area contributed by atoms with Gasteiger partial charge in [0, 0.05) is 12.3 Å². The predicted octanol–water partition coefficient (Wildman–Crippen LogP) is 5.02. The zero-order valence-electron chi connectivity index (χ0n) is 16.4. The molecule has 1 aliphatic carbocycles. The van der Waals surface area contributed by atoms with Crippen LogP contribution < -0.4 is 10.1 Å². The maximum absolute atomic E-state index is 13.0. The van der Waals surface area contributed by atoms with Gasteiger partial charge in [-0.2, -0.15) is 0 Å². The van der Waals surface area contributed by atoms with Gasteiger partial charge >= 0.3 is 0 Å². The lowest BCUT2D eigenvalue weighted by molar-refractivity contribution is -0.147. The Morgan fingerprint density at radius 1 is 1.28 bits per heavy atom. The van der Waals surface area contributed by atoms with Gasteiger partial charge in [0.05, 0.1) is 6.61 Å². The fourth-order valence-corrected chi connectivity index (χ4v) is 3.88. The Balaban J connectivity index is 2.18. The molecule has 1 fully saturated rings. The van der Waals surface area contributed by atoms with Gasteiger partial charge in [-0.25, -0.2) is 0 Å². The molecule has 25 heavy (non-hydrogen) atoms. The minimum absolute atomic E-state index is 0.0121. The first-order chi connectivity index (χ1) is 11.9. The van der Waals surface area contributed by atoms with Crippen LogP contribution in [0.5, 0.6) is 5.75 Å². The number of hydrogen-bond donors (Lipinski definition) is 1. The molecular formula is C21H33NO3. The minimum Gasteiger partial charge on any atom is -0.493 e. The number of rotatable bonds is 7. The number of hydrogen-bond acceptors (Lipinski definition) is 3. The molecule has 2 rings (SSSR count). The third-order valence-corrected chi connectivity index (χ3v) is 4.96. The third-order valence-electron chi connectivity index (χ3n) is 4.96. The molecular weight excluding hydrogens is 314 g/mol. The van der Waals surface area contributed by atoms with Gasteiger partial charge in [0.15, 0.2) is 0 Å². The molecule has 0 heterocycles. The average Bonchev–Trinajstić information content (AvgIpc) is 2.54. The predicted molar refractivity (Wildman–Crippen MR) is 102 cm³/mol. The van der Waals surface area contributed by atoms with Gasteiger partial charge in [0.2, 0.25) is 0 Å². The molecule has 0 spiro atoms. The van der Waals surface area contributed by atoms with Crippen molar-refractivity contribution in [1.82, 2.24) is 0 Å². The van der Waals surface area contributed by atoms with Crippen LogP contribution in [0.15, 0.2) is 12.1 Å². The van der Waals surface area contributed by atoms with E-state index in [-0.39, 0.29) is 5.91 Å². The summed E-state index contributed by atoms with van der Waals surface area (Å²) in [6, 6.07) is 3.98. The summed E-state index contributed by atoms with van der Waals surface area (Å²) >= 11 is 0. The van der Waals surface area contributed by atoms with Crippen LogP contribution in [-0.4, -0.2) is 24.7 Å². The second kappa shape index (κ2) is 8.70. The largest absolute Gasteiger partial charge is 0.493 e. The molecule has 4 nitrogen and oxygen atoms in total. The van der Waals surface area contributed by atoms with Crippen LogP contribution in [0.2, 0.25) is 0 Å². The standard InChI is InChI=1S/C21H33NO3/c1-6-11-24-19-16(4)12-18(13-17(19)5)22-20(23)21(25-7-2)10-8-9-15(3)14-21/h12-13,15H,6-11,14H2,1-5H3,(H,22,23)/t15-,21+/m1/s1. The smallest absolute Gasteiger partial charge is 0.256 e. The Kier molecular flexibility index (Phi) is 6.88. The quantitative estimate of drug-likeness (QED) is 0.753. The maximum atomic E-state index is 13.0. The van der Waals surface area contributed by atoms with E-state index in [4.69, 9.17) is 9.47 Å². The zero-order valence-corrected chi connectivity index (χ0v) is 16.4. The Hall–Kier alpha value is -1.55. The number of carbonyl (C=O) groups is 1. The molecule has 4 heteroatoms. The molecule has 0 unspecified atom stereocenters. The van der Waals surface area contributed by atoms with E-state index in [1.807, 2.05) is 32.9 Å². The number of ether oxygens (including phenoxy) is 2. The van der Waals surface area contributed by atoms with Crippen LogP contribution in [0, 0.1) is 19.8 Å². The lowest BCUT2D eigenvalue weighted by Gasteiger charge is -2.38. The van der Waals surface area contributed by atoms with E-state index in [2.05, 4.69) is 19.2 Å². The van der Waals surface area contributed by atoms with Crippen molar-refractivity contribution in [2.24, 2.45) is 5.92 Å². The Bertz CT molecular complexity index is 572. The molecule has 2 atom stereocenters. The van der Waals surface area contributed by atoms with E-state index in [0.717, 1.165) is 48.2 Å². The van der Waals surface area contributed by atoms with Crippen LogP contribution in [0.4, 0.5) is 5.69 Å². The third kappa shape index (κ3) is 4.75. The number of aryl methyl sites for hydroxylation is 2. The Morgan fingerprint density at radius 2 is 1.96 bits per heavy atom. The van der Waals surface area contributed by atoms with Crippen LogP contribution in [0.25, 0.3) is 0 Å². The SMILES string of the molecule is CCCOc1c(C)cc(NC(=O)[C@]2(OCC)CCC[C@@H](C)C2)cc1C. The molecule has 1 amide bonds. The Labute approximate surface area is 152 Å². The zero-order chi connectivity index (χ0) is 18.4.